The van der Waals surface area contributed by atoms with Crippen molar-refractivity contribution in [3.63, 3.8) is 0 Å². The van der Waals surface area contributed by atoms with E-state index in [-0.39, 0.29) is 10.6 Å². The molecule has 1 aromatic heterocycles. The lowest BCUT2D eigenvalue weighted by atomic mass is 10.2. The van der Waals surface area contributed by atoms with E-state index in [1.54, 1.807) is 19.1 Å². The third-order valence-electron chi connectivity index (χ3n) is 2.64. The fourth-order valence-corrected chi connectivity index (χ4v) is 1.86. The number of aromatic nitrogens is 1. The van der Waals surface area contributed by atoms with Crippen molar-refractivity contribution in [2.24, 2.45) is 0 Å². The fraction of sp³-hybridized carbons (Fsp3) is 0.231. The van der Waals surface area contributed by atoms with Gasteiger partial charge in [-0.05, 0) is 19.1 Å². The SMILES string of the molecule is CC#CCCn1ccc2c([N+](=O)[O-])cccc21. The van der Waals surface area contributed by atoms with Gasteiger partial charge in [-0.2, -0.15) is 0 Å². The normalized spacial score (nSPS) is 9.94. The Balaban J connectivity index is 2.42. The van der Waals surface area contributed by atoms with Crippen LogP contribution in [-0.2, 0) is 6.54 Å². The second-order valence-electron chi connectivity index (χ2n) is 3.65. The van der Waals surface area contributed by atoms with Gasteiger partial charge in [0.25, 0.3) is 5.69 Å². The van der Waals surface area contributed by atoms with Crippen LogP contribution in [0.25, 0.3) is 10.9 Å². The number of nitro benzene ring substituents is 1. The van der Waals surface area contributed by atoms with E-state index in [1.807, 2.05) is 16.8 Å². The van der Waals surface area contributed by atoms with Crippen molar-refractivity contribution in [3.8, 4) is 11.8 Å². The van der Waals surface area contributed by atoms with Gasteiger partial charge in [-0.15, -0.1) is 11.8 Å². The molecule has 0 unspecified atom stereocenters. The number of hydrogen-bond acceptors (Lipinski definition) is 2. The van der Waals surface area contributed by atoms with E-state index in [4.69, 9.17) is 0 Å². The van der Waals surface area contributed by atoms with E-state index in [0.717, 1.165) is 18.5 Å². The molecule has 2 rings (SSSR count). The van der Waals surface area contributed by atoms with E-state index < -0.39 is 0 Å². The van der Waals surface area contributed by atoms with Crippen molar-refractivity contribution in [3.05, 3.63) is 40.6 Å². The maximum Gasteiger partial charge on any atom is 0.278 e. The highest BCUT2D eigenvalue weighted by atomic mass is 16.6. The van der Waals surface area contributed by atoms with Crippen LogP contribution in [0.4, 0.5) is 5.69 Å². The fourth-order valence-electron chi connectivity index (χ4n) is 1.86. The Bertz CT molecular complexity index is 617. The van der Waals surface area contributed by atoms with Crippen molar-refractivity contribution in [2.45, 2.75) is 19.9 Å². The van der Waals surface area contributed by atoms with Crippen LogP contribution in [-0.4, -0.2) is 9.49 Å². The number of aryl methyl sites for hydroxylation is 1. The van der Waals surface area contributed by atoms with Crippen molar-refractivity contribution >= 4 is 16.6 Å². The Morgan fingerprint density at radius 2 is 2.24 bits per heavy atom. The third kappa shape index (κ3) is 2.13. The quantitative estimate of drug-likeness (QED) is 0.460. The molecule has 0 fully saturated rings. The summed E-state index contributed by atoms with van der Waals surface area (Å²) in [6, 6.07) is 6.91. The topological polar surface area (TPSA) is 48.1 Å². The summed E-state index contributed by atoms with van der Waals surface area (Å²) in [7, 11) is 0. The number of fused-ring (bicyclic) bond motifs is 1. The first-order valence-corrected chi connectivity index (χ1v) is 5.36. The minimum Gasteiger partial charge on any atom is -0.346 e. The lowest BCUT2D eigenvalue weighted by Crippen LogP contribution is -1.95. The zero-order valence-electron chi connectivity index (χ0n) is 9.51. The van der Waals surface area contributed by atoms with Crippen molar-refractivity contribution in [2.75, 3.05) is 0 Å². The molecule has 2 aromatic rings. The van der Waals surface area contributed by atoms with Crippen LogP contribution in [0.1, 0.15) is 13.3 Å². The first-order valence-electron chi connectivity index (χ1n) is 5.36. The third-order valence-corrected chi connectivity index (χ3v) is 2.64. The van der Waals surface area contributed by atoms with Gasteiger partial charge < -0.3 is 4.57 Å². The predicted octanol–water partition coefficient (Wildman–Crippen LogP) is 2.96. The van der Waals surface area contributed by atoms with Gasteiger partial charge in [0.2, 0.25) is 0 Å². The number of non-ortho nitro benzene ring substituents is 1. The van der Waals surface area contributed by atoms with Gasteiger partial charge in [-0.25, -0.2) is 0 Å². The van der Waals surface area contributed by atoms with Gasteiger partial charge in [-0.1, -0.05) is 6.07 Å². The molecule has 0 atom stereocenters. The first-order chi connectivity index (χ1) is 8.24. The molecule has 0 radical (unpaired) electrons. The van der Waals surface area contributed by atoms with E-state index in [9.17, 15) is 10.1 Å². The Morgan fingerprint density at radius 1 is 1.41 bits per heavy atom. The molecular formula is C13H12N2O2. The number of rotatable bonds is 3. The van der Waals surface area contributed by atoms with Gasteiger partial charge in [0.05, 0.1) is 15.8 Å². The molecule has 0 aliphatic rings. The summed E-state index contributed by atoms with van der Waals surface area (Å²) in [6.45, 7) is 2.56. The average molecular weight is 228 g/mol. The zero-order chi connectivity index (χ0) is 12.3. The number of nitro groups is 1. The summed E-state index contributed by atoms with van der Waals surface area (Å²) in [5.41, 5.74) is 1.04. The standard InChI is InChI=1S/C13H12N2O2/c1-2-3-4-9-14-10-8-11-12(14)6-5-7-13(11)15(16)17/h5-8,10H,4,9H2,1H3. The lowest BCUT2D eigenvalue weighted by Gasteiger charge is -2.01. The van der Waals surface area contributed by atoms with Crippen molar-refractivity contribution in [1.82, 2.24) is 4.57 Å². The molecule has 0 saturated heterocycles. The summed E-state index contributed by atoms with van der Waals surface area (Å²) in [5.74, 6) is 5.82. The summed E-state index contributed by atoms with van der Waals surface area (Å²) in [4.78, 5) is 10.5. The minimum atomic E-state index is -0.349. The van der Waals surface area contributed by atoms with Gasteiger partial charge in [-0.3, -0.25) is 10.1 Å². The van der Waals surface area contributed by atoms with E-state index in [2.05, 4.69) is 11.8 Å². The summed E-state index contributed by atoms with van der Waals surface area (Å²) < 4.78 is 1.99. The average Bonchev–Trinajstić information content (AvgIpc) is 2.72. The molecule has 0 spiro atoms. The molecule has 4 heteroatoms. The van der Waals surface area contributed by atoms with Crippen LogP contribution in [0.5, 0.6) is 0 Å². The van der Waals surface area contributed by atoms with Crippen LogP contribution in [0.15, 0.2) is 30.5 Å². The molecule has 0 aliphatic carbocycles. The zero-order valence-corrected chi connectivity index (χ0v) is 9.51. The lowest BCUT2D eigenvalue weighted by molar-refractivity contribution is -0.383. The Kier molecular flexibility index (Phi) is 3.10. The number of hydrogen-bond donors (Lipinski definition) is 0. The monoisotopic (exact) mass is 228 g/mol. The largest absolute Gasteiger partial charge is 0.346 e. The summed E-state index contributed by atoms with van der Waals surface area (Å²) in [6.07, 6.45) is 2.62. The van der Waals surface area contributed by atoms with E-state index >= 15 is 0 Å². The Hall–Kier alpha value is -2.28. The van der Waals surface area contributed by atoms with Crippen LogP contribution in [0.2, 0.25) is 0 Å². The molecule has 17 heavy (non-hydrogen) atoms. The molecule has 0 N–H and O–H groups in total. The maximum absolute atomic E-state index is 10.9. The van der Waals surface area contributed by atoms with Crippen LogP contribution < -0.4 is 0 Å². The molecule has 1 heterocycles. The smallest absolute Gasteiger partial charge is 0.278 e. The number of benzene rings is 1. The predicted molar refractivity (Wildman–Crippen MR) is 66.7 cm³/mol. The number of nitrogens with zero attached hydrogens (tertiary/aromatic N) is 2. The molecule has 86 valence electrons. The maximum atomic E-state index is 10.9. The van der Waals surface area contributed by atoms with E-state index in [1.165, 1.54) is 6.07 Å². The highest BCUT2D eigenvalue weighted by molar-refractivity contribution is 5.89. The molecule has 0 amide bonds. The molecule has 0 aliphatic heterocycles. The molecule has 0 saturated carbocycles. The Labute approximate surface area is 99.0 Å². The summed E-state index contributed by atoms with van der Waals surface area (Å²) in [5, 5.41) is 11.5. The van der Waals surface area contributed by atoms with Crippen LogP contribution >= 0.6 is 0 Å². The van der Waals surface area contributed by atoms with Gasteiger partial charge in [0, 0.05) is 25.2 Å². The van der Waals surface area contributed by atoms with Gasteiger partial charge >= 0.3 is 0 Å². The highest BCUT2D eigenvalue weighted by Crippen LogP contribution is 2.26. The first kappa shape index (κ1) is 11.2. The molecule has 1 aromatic carbocycles. The highest BCUT2D eigenvalue weighted by Gasteiger charge is 2.12. The molecule has 4 nitrogen and oxygen atoms in total. The summed E-state index contributed by atoms with van der Waals surface area (Å²) >= 11 is 0. The van der Waals surface area contributed by atoms with Gasteiger partial charge in [0.15, 0.2) is 0 Å². The van der Waals surface area contributed by atoms with Gasteiger partial charge in [0.1, 0.15) is 0 Å². The van der Waals surface area contributed by atoms with Crippen molar-refractivity contribution < 1.29 is 4.92 Å². The van der Waals surface area contributed by atoms with E-state index in [0.29, 0.717) is 5.39 Å². The second kappa shape index (κ2) is 4.71. The Morgan fingerprint density at radius 3 is 2.94 bits per heavy atom. The van der Waals surface area contributed by atoms with Crippen molar-refractivity contribution in [1.29, 1.82) is 0 Å². The minimum absolute atomic E-state index is 0.155. The molecule has 0 bridgehead atoms. The van der Waals surface area contributed by atoms with Crippen LogP contribution in [0, 0.1) is 22.0 Å². The second-order valence-corrected chi connectivity index (χ2v) is 3.65. The van der Waals surface area contributed by atoms with Crippen LogP contribution in [0.3, 0.4) is 0 Å². The molecular weight excluding hydrogens is 216 g/mol.